The van der Waals surface area contributed by atoms with E-state index in [2.05, 4.69) is 42.8 Å². The van der Waals surface area contributed by atoms with Gasteiger partial charge in [-0.15, -0.1) is 0 Å². The average molecular weight is 196 g/mol. The van der Waals surface area contributed by atoms with Gasteiger partial charge in [-0.1, -0.05) is 32.4 Å². The molecule has 1 saturated heterocycles. The van der Waals surface area contributed by atoms with Crippen LogP contribution in [0, 0.1) is 5.92 Å². The van der Waals surface area contributed by atoms with Crippen molar-refractivity contribution in [3.05, 3.63) is 12.2 Å². The summed E-state index contributed by atoms with van der Waals surface area (Å²) in [5, 5.41) is 0. The molecule has 1 rings (SSSR count). The highest BCUT2D eigenvalue weighted by molar-refractivity contribution is 4.89. The van der Waals surface area contributed by atoms with Crippen LogP contribution in [0.1, 0.15) is 20.3 Å². The van der Waals surface area contributed by atoms with Gasteiger partial charge < -0.3 is 4.90 Å². The Hall–Kier alpha value is -0.340. The summed E-state index contributed by atoms with van der Waals surface area (Å²) < 4.78 is 0. The van der Waals surface area contributed by atoms with Crippen LogP contribution in [-0.4, -0.2) is 49.6 Å². The highest BCUT2D eigenvalue weighted by atomic mass is 15.2. The molecule has 1 unspecified atom stereocenters. The summed E-state index contributed by atoms with van der Waals surface area (Å²) >= 11 is 0. The fourth-order valence-electron chi connectivity index (χ4n) is 1.61. The van der Waals surface area contributed by atoms with Crippen LogP contribution in [0.4, 0.5) is 0 Å². The van der Waals surface area contributed by atoms with Gasteiger partial charge in [-0.25, -0.2) is 0 Å². The molecule has 0 saturated carbocycles. The molecule has 2 heteroatoms. The monoisotopic (exact) mass is 196 g/mol. The van der Waals surface area contributed by atoms with Crippen LogP contribution >= 0.6 is 0 Å². The zero-order valence-electron chi connectivity index (χ0n) is 9.87. The van der Waals surface area contributed by atoms with Gasteiger partial charge in [0.1, 0.15) is 0 Å². The Bertz CT molecular complexity index is 169. The zero-order valence-corrected chi connectivity index (χ0v) is 9.87. The highest BCUT2D eigenvalue weighted by Gasteiger charge is 2.11. The molecule has 0 spiro atoms. The first-order valence-corrected chi connectivity index (χ1v) is 5.80. The summed E-state index contributed by atoms with van der Waals surface area (Å²) in [6.07, 6.45) is 5.93. The Kier molecular flexibility index (Phi) is 5.20. The third kappa shape index (κ3) is 4.25. The van der Waals surface area contributed by atoms with Gasteiger partial charge in [-0.2, -0.15) is 0 Å². The van der Waals surface area contributed by atoms with Crippen LogP contribution in [0.5, 0.6) is 0 Å². The zero-order chi connectivity index (χ0) is 10.4. The topological polar surface area (TPSA) is 6.48 Å². The maximum atomic E-state index is 2.53. The molecule has 14 heavy (non-hydrogen) atoms. The maximum Gasteiger partial charge on any atom is 0.0164 e. The van der Waals surface area contributed by atoms with E-state index in [0.717, 1.165) is 12.5 Å². The van der Waals surface area contributed by atoms with Gasteiger partial charge in [0.15, 0.2) is 0 Å². The second-order valence-corrected chi connectivity index (χ2v) is 4.42. The molecule has 0 bridgehead atoms. The normalized spacial score (nSPS) is 23.1. The summed E-state index contributed by atoms with van der Waals surface area (Å²) in [4.78, 5) is 4.92. The average Bonchev–Trinajstić information content (AvgIpc) is 2.21. The van der Waals surface area contributed by atoms with Crippen LogP contribution in [0.2, 0.25) is 0 Å². The first-order valence-electron chi connectivity index (χ1n) is 5.80. The Balaban J connectivity index is 2.15. The predicted octanol–water partition coefficient (Wildman–Crippen LogP) is 1.84. The Morgan fingerprint density at radius 1 is 1.21 bits per heavy atom. The Labute approximate surface area is 88.6 Å². The number of piperazine rings is 1. The van der Waals surface area contributed by atoms with Gasteiger partial charge in [-0.05, 0) is 13.0 Å². The van der Waals surface area contributed by atoms with E-state index in [0.29, 0.717) is 0 Å². The van der Waals surface area contributed by atoms with Crippen molar-refractivity contribution in [2.45, 2.75) is 20.3 Å². The number of rotatable bonds is 4. The Morgan fingerprint density at radius 3 is 2.43 bits per heavy atom. The molecule has 0 radical (unpaired) electrons. The SMILES string of the molecule is CCC(C)/C=C/CN1CCN(C)CC1. The van der Waals surface area contributed by atoms with E-state index in [1.807, 2.05) is 0 Å². The molecule has 0 aromatic heterocycles. The van der Waals surface area contributed by atoms with E-state index < -0.39 is 0 Å². The van der Waals surface area contributed by atoms with E-state index in [9.17, 15) is 0 Å². The van der Waals surface area contributed by atoms with Crippen molar-refractivity contribution < 1.29 is 0 Å². The van der Waals surface area contributed by atoms with Crippen LogP contribution in [-0.2, 0) is 0 Å². The van der Waals surface area contributed by atoms with E-state index in [-0.39, 0.29) is 0 Å². The largest absolute Gasteiger partial charge is 0.304 e. The number of nitrogens with zero attached hydrogens (tertiary/aromatic N) is 2. The second-order valence-electron chi connectivity index (χ2n) is 4.42. The van der Waals surface area contributed by atoms with Gasteiger partial charge >= 0.3 is 0 Å². The van der Waals surface area contributed by atoms with Gasteiger partial charge in [0.25, 0.3) is 0 Å². The summed E-state index contributed by atoms with van der Waals surface area (Å²) in [6.45, 7) is 10.5. The van der Waals surface area contributed by atoms with Crippen molar-refractivity contribution in [3.8, 4) is 0 Å². The number of allylic oxidation sites excluding steroid dienone is 1. The fraction of sp³-hybridized carbons (Fsp3) is 0.833. The first-order chi connectivity index (χ1) is 6.72. The molecule has 0 aliphatic carbocycles. The van der Waals surface area contributed by atoms with Crippen LogP contribution in [0.3, 0.4) is 0 Å². The van der Waals surface area contributed by atoms with E-state index in [4.69, 9.17) is 0 Å². The summed E-state index contributed by atoms with van der Waals surface area (Å²) in [6, 6.07) is 0. The molecule has 82 valence electrons. The maximum absolute atomic E-state index is 2.53. The highest BCUT2D eigenvalue weighted by Crippen LogP contribution is 2.03. The van der Waals surface area contributed by atoms with Gasteiger partial charge in [-0.3, -0.25) is 4.90 Å². The van der Waals surface area contributed by atoms with Gasteiger partial charge in [0.05, 0.1) is 0 Å². The molecule has 2 nitrogen and oxygen atoms in total. The minimum absolute atomic E-state index is 0.738. The van der Waals surface area contributed by atoms with Crippen LogP contribution in [0.25, 0.3) is 0 Å². The molecule has 1 heterocycles. The van der Waals surface area contributed by atoms with E-state index >= 15 is 0 Å². The van der Waals surface area contributed by atoms with Crippen molar-refractivity contribution in [1.29, 1.82) is 0 Å². The number of hydrogen-bond donors (Lipinski definition) is 0. The van der Waals surface area contributed by atoms with Crippen LogP contribution in [0.15, 0.2) is 12.2 Å². The molecular weight excluding hydrogens is 172 g/mol. The second kappa shape index (κ2) is 6.20. The molecule has 0 amide bonds. The summed E-state index contributed by atoms with van der Waals surface area (Å²) in [5.74, 6) is 0.738. The van der Waals surface area contributed by atoms with Crippen molar-refractivity contribution in [2.24, 2.45) is 5.92 Å². The minimum Gasteiger partial charge on any atom is -0.304 e. The molecular formula is C12H24N2. The molecule has 1 fully saturated rings. The predicted molar refractivity (Wildman–Crippen MR) is 62.5 cm³/mol. The van der Waals surface area contributed by atoms with E-state index in [1.165, 1.54) is 32.6 Å². The van der Waals surface area contributed by atoms with Crippen LogP contribution < -0.4 is 0 Å². The number of likely N-dealkylation sites (N-methyl/N-ethyl adjacent to an activating group) is 1. The molecule has 0 aromatic rings. The van der Waals surface area contributed by atoms with E-state index in [1.54, 1.807) is 0 Å². The summed E-state index contributed by atoms with van der Waals surface area (Å²) in [7, 11) is 2.20. The first kappa shape index (κ1) is 11.7. The third-order valence-electron chi connectivity index (χ3n) is 3.07. The smallest absolute Gasteiger partial charge is 0.0164 e. The molecule has 1 aliphatic heterocycles. The van der Waals surface area contributed by atoms with Crippen molar-refractivity contribution in [1.82, 2.24) is 9.80 Å². The quantitative estimate of drug-likeness (QED) is 0.633. The lowest BCUT2D eigenvalue weighted by Crippen LogP contribution is -2.44. The lowest BCUT2D eigenvalue weighted by molar-refractivity contribution is 0.166. The Morgan fingerprint density at radius 2 is 1.86 bits per heavy atom. The number of hydrogen-bond acceptors (Lipinski definition) is 2. The van der Waals surface area contributed by atoms with Crippen molar-refractivity contribution in [2.75, 3.05) is 39.8 Å². The van der Waals surface area contributed by atoms with Gasteiger partial charge in [0.2, 0.25) is 0 Å². The summed E-state index contributed by atoms with van der Waals surface area (Å²) in [5.41, 5.74) is 0. The molecule has 0 N–H and O–H groups in total. The third-order valence-corrected chi connectivity index (χ3v) is 3.07. The van der Waals surface area contributed by atoms with Crippen molar-refractivity contribution >= 4 is 0 Å². The standard InChI is InChI=1S/C12H24N2/c1-4-12(2)6-5-7-14-10-8-13(3)9-11-14/h5-6,12H,4,7-11H2,1-3H3/b6-5+. The van der Waals surface area contributed by atoms with Crippen molar-refractivity contribution in [3.63, 3.8) is 0 Å². The lowest BCUT2D eigenvalue weighted by Gasteiger charge is -2.31. The molecule has 0 aromatic carbocycles. The lowest BCUT2D eigenvalue weighted by atomic mass is 10.1. The molecule has 1 atom stereocenters. The fourth-order valence-corrected chi connectivity index (χ4v) is 1.61. The van der Waals surface area contributed by atoms with Gasteiger partial charge in [0, 0.05) is 32.7 Å². The molecule has 1 aliphatic rings. The minimum atomic E-state index is 0.738.